The summed E-state index contributed by atoms with van der Waals surface area (Å²) in [5.41, 5.74) is 0.598. The molecule has 100 valence electrons. The Morgan fingerprint density at radius 1 is 1.20 bits per heavy atom. The molecule has 1 N–H and O–H groups in total. The summed E-state index contributed by atoms with van der Waals surface area (Å²) in [6.45, 7) is 0. The fraction of sp³-hybridized carbons (Fsp3) is 0. The van der Waals surface area contributed by atoms with Crippen molar-refractivity contribution < 1.29 is 9.18 Å². The zero-order valence-electron chi connectivity index (χ0n) is 10.2. The van der Waals surface area contributed by atoms with Crippen LogP contribution in [-0.2, 0) is 0 Å². The lowest BCUT2D eigenvalue weighted by molar-refractivity contribution is 0.265. The highest BCUT2D eigenvalue weighted by molar-refractivity contribution is 8.18. The Bertz CT molecular complexity index is 690. The second-order valence-corrected chi connectivity index (χ2v) is 5.97. The van der Waals surface area contributed by atoms with Crippen molar-refractivity contribution in [3.05, 3.63) is 57.4 Å². The first-order valence-corrected chi connectivity index (χ1v) is 7.49. The number of carbonyl (C=O) groups excluding carboxylic acids is 1. The van der Waals surface area contributed by atoms with Gasteiger partial charge in [0.2, 0.25) is 0 Å². The maximum atomic E-state index is 12.9. The Balaban J connectivity index is 1.94. The average molecular weight is 304 g/mol. The molecule has 1 aliphatic rings. The molecule has 20 heavy (non-hydrogen) atoms. The highest BCUT2D eigenvalue weighted by Gasteiger charge is 2.23. The standard InChI is InChI=1S/C14H9FN2OS2/c15-9-3-5-10(6-4-9)16-13-12(20-14(18)17-13)8-11-2-1-7-19-11/h1-8H,(H,16,17,18)/b12-8-. The van der Waals surface area contributed by atoms with E-state index in [-0.39, 0.29) is 11.1 Å². The summed E-state index contributed by atoms with van der Waals surface area (Å²) in [5, 5.41) is 4.51. The molecule has 0 saturated carbocycles. The highest BCUT2D eigenvalue weighted by Crippen LogP contribution is 2.29. The predicted octanol–water partition coefficient (Wildman–Crippen LogP) is 4.41. The van der Waals surface area contributed by atoms with Gasteiger partial charge in [0.05, 0.1) is 10.6 Å². The lowest BCUT2D eigenvalue weighted by Crippen LogP contribution is -2.18. The van der Waals surface area contributed by atoms with Gasteiger partial charge in [0, 0.05) is 4.88 Å². The van der Waals surface area contributed by atoms with Crippen LogP contribution in [-0.4, -0.2) is 11.1 Å². The molecule has 1 aliphatic heterocycles. The first-order valence-electron chi connectivity index (χ1n) is 5.79. The third-order valence-corrected chi connectivity index (χ3v) is 4.18. The van der Waals surface area contributed by atoms with Gasteiger partial charge in [-0.05, 0) is 53.5 Å². The molecule has 0 bridgehead atoms. The van der Waals surface area contributed by atoms with E-state index in [0.717, 1.165) is 21.5 Å². The predicted molar refractivity (Wildman–Crippen MR) is 81.9 cm³/mol. The Morgan fingerprint density at radius 3 is 2.70 bits per heavy atom. The van der Waals surface area contributed by atoms with E-state index in [1.165, 1.54) is 12.1 Å². The number of nitrogens with zero attached hydrogens (tertiary/aromatic N) is 1. The smallest absolute Gasteiger partial charge is 0.289 e. The van der Waals surface area contributed by atoms with Crippen LogP contribution in [0, 0.1) is 5.82 Å². The summed E-state index contributed by atoms with van der Waals surface area (Å²) in [6, 6.07) is 9.73. The number of hydrogen-bond donors (Lipinski definition) is 1. The molecule has 1 aromatic heterocycles. The van der Waals surface area contributed by atoms with E-state index in [9.17, 15) is 9.18 Å². The van der Waals surface area contributed by atoms with Crippen LogP contribution in [0.3, 0.4) is 0 Å². The minimum atomic E-state index is -0.312. The molecule has 0 spiro atoms. The lowest BCUT2D eigenvalue weighted by Gasteiger charge is -1.99. The van der Waals surface area contributed by atoms with Crippen molar-refractivity contribution in [1.29, 1.82) is 0 Å². The number of rotatable bonds is 2. The molecule has 1 amide bonds. The summed E-state index contributed by atoms with van der Waals surface area (Å²) >= 11 is 2.70. The number of amidine groups is 1. The second kappa shape index (κ2) is 5.60. The zero-order valence-corrected chi connectivity index (χ0v) is 11.8. The minimum absolute atomic E-state index is 0.159. The summed E-state index contributed by atoms with van der Waals surface area (Å²) < 4.78 is 12.9. The average Bonchev–Trinajstić information content (AvgIpc) is 3.03. The van der Waals surface area contributed by atoms with Crippen LogP contribution in [0.5, 0.6) is 0 Å². The fourth-order valence-corrected chi connectivity index (χ4v) is 3.12. The second-order valence-electron chi connectivity index (χ2n) is 3.98. The molecule has 3 rings (SSSR count). The summed E-state index contributed by atoms with van der Waals surface area (Å²) in [5.74, 6) is 0.188. The van der Waals surface area contributed by atoms with Crippen molar-refractivity contribution in [1.82, 2.24) is 5.32 Å². The Labute approximate surface area is 123 Å². The summed E-state index contributed by atoms with van der Waals surface area (Å²) in [7, 11) is 0. The topological polar surface area (TPSA) is 41.5 Å². The van der Waals surface area contributed by atoms with Gasteiger partial charge in [0.25, 0.3) is 5.24 Å². The number of benzene rings is 1. The molecule has 0 radical (unpaired) electrons. The number of aliphatic imine (C=N–C) groups is 1. The normalized spacial score (nSPS) is 18.8. The molecule has 2 aromatic rings. The summed E-state index contributed by atoms with van der Waals surface area (Å²) in [4.78, 5) is 17.7. The minimum Gasteiger partial charge on any atom is -0.300 e. The Hall–Kier alpha value is -1.92. The molecule has 1 fully saturated rings. The molecule has 1 saturated heterocycles. The van der Waals surface area contributed by atoms with Crippen molar-refractivity contribution in [2.75, 3.05) is 0 Å². The first kappa shape index (κ1) is 13.1. The highest BCUT2D eigenvalue weighted by atomic mass is 32.2. The van der Waals surface area contributed by atoms with E-state index < -0.39 is 0 Å². The molecular weight excluding hydrogens is 295 g/mol. The number of hydrogen-bond acceptors (Lipinski definition) is 4. The molecule has 2 heterocycles. The van der Waals surface area contributed by atoms with Crippen molar-refractivity contribution in [2.24, 2.45) is 4.99 Å². The van der Waals surface area contributed by atoms with Crippen LogP contribution in [0.1, 0.15) is 4.88 Å². The summed E-state index contributed by atoms with van der Waals surface area (Å²) in [6.07, 6.45) is 1.91. The van der Waals surface area contributed by atoms with Crippen LogP contribution in [0.15, 0.2) is 51.7 Å². The molecule has 1 aromatic carbocycles. The number of nitrogens with one attached hydrogen (secondary N) is 1. The molecule has 6 heteroatoms. The van der Waals surface area contributed by atoms with Gasteiger partial charge in [0.1, 0.15) is 11.7 Å². The van der Waals surface area contributed by atoms with Crippen molar-refractivity contribution in [2.45, 2.75) is 0 Å². The monoisotopic (exact) mass is 304 g/mol. The number of thioether (sulfide) groups is 1. The number of halogens is 1. The van der Waals surface area contributed by atoms with Gasteiger partial charge in [-0.1, -0.05) is 6.07 Å². The van der Waals surface area contributed by atoms with E-state index >= 15 is 0 Å². The van der Waals surface area contributed by atoms with Gasteiger partial charge < -0.3 is 5.32 Å². The number of carbonyl (C=O) groups is 1. The van der Waals surface area contributed by atoms with Crippen LogP contribution in [0.2, 0.25) is 0 Å². The van der Waals surface area contributed by atoms with Crippen LogP contribution in [0.25, 0.3) is 6.08 Å². The van der Waals surface area contributed by atoms with Gasteiger partial charge in [-0.3, -0.25) is 4.79 Å². The van der Waals surface area contributed by atoms with Gasteiger partial charge >= 0.3 is 0 Å². The molecule has 0 aliphatic carbocycles. The van der Waals surface area contributed by atoms with E-state index in [1.807, 2.05) is 23.6 Å². The van der Waals surface area contributed by atoms with E-state index in [2.05, 4.69) is 10.3 Å². The lowest BCUT2D eigenvalue weighted by atomic mass is 10.3. The van der Waals surface area contributed by atoms with Crippen molar-refractivity contribution in [3.63, 3.8) is 0 Å². The molecule has 0 unspecified atom stereocenters. The largest absolute Gasteiger partial charge is 0.300 e. The third-order valence-electron chi connectivity index (χ3n) is 2.54. The van der Waals surface area contributed by atoms with Crippen molar-refractivity contribution >= 4 is 45.9 Å². The first-order chi connectivity index (χ1) is 9.70. The van der Waals surface area contributed by atoms with Crippen LogP contribution in [0.4, 0.5) is 14.9 Å². The maximum Gasteiger partial charge on any atom is 0.289 e. The number of thiophene rings is 1. The van der Waals surface area contributed by atoms with E-state index in [0.29, 0.717) is 11.5 Å². The SMILES string of the molecule is O=C1NC(=Nc2ccc(F)cc2)/C(=C/c2cccs2)S1. The molecule has 3 nitrogen and oxygen atoms in total. The quantitative estimate of drug-likeness (QED) is 0.892. The van der Waals surface area contributed by atoms with Gasteiger partial charge in [-0.2, -0.15) is 0 Å². The maximum absolute atomic E-state index is 12.9. The Kier molecular flexibility index (Phi) is 3.66. The van der Waals surface area contributed by atoms with E-state index in [4.69, 9.17) is 0 Å². The Morgan fingerprint density at radius 2 is 2.00 bits per heavy atom. The number of amides is 1. The fourth-order valence-electron chi connectivity index (χ4n) is 1.66. The molecular formula is C14H9FN2OS2. The van der Waals surface area contributed by atoms with Crippen LogP contribution >= 0.6 is 23.1 Å². The van der Waals surface area contributed by atoms with E-state index in [1.54, 1.807) is 23.5 Å². The van der Waals surface area contributed by atoms with Crippen LogP contribution < -0.4 is 5.32 Å². The third kappa shape index (κ3) is 2.97. The van der Waals surface area contributed by atoms with Gasteiger partial charge in [-0.15, -0.1) is 11.3 Å². The van der Waals surface area contributed by atoms with Gasteiger partial charge in [-0.25, -0.2) is 9.38 Å². The van der Waals surface area contributed by atoms with Gasteiger partial charge in [0.15, 0.2) is 0 Å². The van der Waals surface area contributed by atoms with Crippen molar-refractivity contribution in [3.8, 4) is 0 Å². The zero-order chi connectivity index (χ0) is 13.9. The molecule has 0 atom stereocenters.